The zero-order chi connectivity index (χ0) is 22.4. The standard InChI is InChI=1S/C21H21BrN4O5/c1-30-12-11-25(17(27)10-8-15-7-9-16(22)31-15)18-19(23)26(21(29)24-20(18)28)13-14-5-3-2-4-6-14/h2-10H,11-13,23H2,1H3,(H,24,28,29)/b10-8+. The minimum absolute atomic E-state index is 0.0539. The predicted octanol–water partition coefficient (Wildman–Crippen LogP) is 2.22. The summed E-state index contributed by atoms with van der Waals surface area (Å²) in [4.78, 5) is 41.4. The highest BCUT2D eigenvalue weighted by atomic mass is 79.9. The van der Waals surface area contributed by atoms with Crippen LogP contribution in [0, 0.1) is 0 Å². The Labute approximate surface area is 185 Å². The number of amides is 1. The first kappa shape index (κ1) is 22.3. The van der Waals surface area contributed by atoms with Crippen molar-refractivity contribution in [3.63, 3.8) is 0 Å². The van der Waals surface area contributed by atoms with Crippen LogP contribution in [-0.2, 0) is 16.1 Å². The highest BCUT2D eigenvalue weighted by molar-refractivity contribution is 9.10. The van der Waals surface area contributed by atoms with Crippen LogP contribution in [0.4, 0.5) is 11.5 Å². The number of carbonyl (C=O) groups excluding carboxylic acids is 1. The summed E-state index contributed by atoms with van der Waals surface area (Å²) in [5.41, 5.74) is 5.48. The molecule has 0 aliphatic carbocycles. The van der Waals surface area contributed by atoms with E-state index in [1.807, 2.05) is 30.3 Å². The van der Waals surface area contributed by atoms with Crippen molar-refractivity contribution in [3.8, 4) is 0 Å². The molecule has 3 aromatic rings. The van der Waals surface area contributed by atoms with E-state index in [4.69, 9.17) is 14.9 Å². The molecule has 3 rings (SSSR count). The monoisotopic (exact) mass is 488 g/mol. The van der Waals surface area contributed by atoms with Crippen LogP contribution in [0.15, 0.2) is 67.2 Å². The van der Waals surface area contributed by atoms with Crippen molar-refractivity contribution in [2.24, 2.45) is 0 Å². The molecule has 0 saturated heterocycles. The molecule has 2 heterocycles. The Morgan fingerprint density at radius 3 is 2.65 bits per heavy atom. The van der Waals surface area contributed by atoms with E-state index < -0.39 is 17.2 Å². The molecule has 0 bridgehead atoms. The second-order valence-electron chi connectivity index (χ2n) is 6.52. The van der Waals surface area contributed by atoms with Crippen molar-refractivity contribution in [2.45, 2.75) is 6.54 Å². The number of nitrogen functional groups attached to an aromatic ring is 1. The van der Waals surface area contributed by atoms with Crippen LogP contribution in [0.25, 0.3) is 6.08 Å². The third-order valence-corrected chi connectivity index (χ3v) is 4.86. The lowest BCUT2D eigenvalue weighted by Gasteiger charge is -2.23. The predicted molar refractivity (Wildman–Crippen MR) is 121 cm³/mol. The van der Waals surface area contributed by atoms with Gasteiger partial charge in [0.2, 0.25) is 0 Å². The molecule has 1 amide bonds. The average molecular weight is 489 g/mol. The van der Waals surface area contributed by atoms with Gasteiger partial charge in [0.05, 0.1) is 13.2 Å². The van der Waals surface area contributed by atoms with Crippen molar-refractivity contribution >= 4 is 39.4 Å². The number of anilines is 2. The second-order valence-corrected chi connectivity index (χ2v) is 7.30. The van der Waals surface area contributed by atoms with Gasteiger partial charge in [0.1, 0.15) is 11.6 Å². The van der Waals surface area contributed by atoms with Gasteiger partial charge in [-0.3, -0.25) is 24.0 Å². The number of methoxy groups -OCH3 is 1. The van der Waals surface area contributed by atoms with E-state index in [9.17, 15) is 14.4 Å². The summed E-state index contributed by atoms with van der Waals surface area (Å²) in [7, 11) is 1.47. The lowest BCUT2D eigenvalue weighted by molar-refractivity contribution is -0.114. The van der Waals surface area contributed by atoms with Crippen LogP contribution in [0.1, 0.15) is 11.3 Å². The SMILES string of the molecule is COCCN(C(=O)/C=C/c1ccc(Br)o1)c1c(N)n(Cc2ccccc2)c(=O)[nH]c1=O. The molecule has 0 aliphatic rings. The van der Waals surface area contributed by atoms with Crippen LogP contribution in [0.2, 0.25) is 0 Å². The fourth-order valence-corrected chi connectivity index (χ4v) is 3.26. The molecule has 0 fully saturated rings. The van der Waals surface area contributed by atoms with Gasteiger partial charge in [-0.1, -0.05) is 30.3 Å². The van der Waals surface area contributed by atoms with Gasteiger partial charge in [-0.05, 0) is 39.7 Å². The van der Waals surface area contributed by atoms with Gasteiger partial charge in [-0.25, -0.2) is 4.79 Å². The van der Waals surface area contributed by atoms with Crippen LogP contribution in [0.3, 0.4) is 0 Å². The fourth-order valence-electron chi connectivity index (χ4n) is 2.94. The molecule has 0 spiro atoms. The number of nitrogens with one attached hydrogen (secondary N) is 1. The van der Waals surface area contributed by atoms with Crippen molar-refractivity contribution in [1.82, 2.24) is 9.55 Å². The lowest BCUT2D eigenvalue weighted by Crippen LogP contribution is -2.42. The Morgan fingerprint density at radius 2 is 2.00 bits per heavy atom. The highest BCUT2D eigenvalue weighted by Gasteiger charge is 2.23. The molecule has 0 radical (unpaired) electrons. The van der Waals surface area contributed by atoms with E-state index in [1.165, 1.54) is 28.7 Å². The summed E-state index contributed by atoms with van der Waals surface area (Å²) in [6.45, 7) is 0.346. The number of carbonyl (C=O) groups is 1. The first-order valence-corrected chi connectivity index (χ1v) is 10.1. The van der Waals surface area contributed by atoms with Crippen LogP contribution in [0.5, 0.6) is 0 Å². The number of H-pyrrole nitrogens is 1. The Balaban J connectivity index is 2.00. The average Bonchev–Trinajstić information content (AvgIpc) is 3.17. The third-order valence-electron chi connectivity index (χ3n) is 4.44. The summed E-state index contributed by atoms with van der Waals surface area (Å²) < 4.78 is 12.2. The maximum atomic E-state index is 12.9. The van der Waals surface area contributed by atoms with Crippen LogP contribution >= 0.6 is 15.9 Å². The summed E-state index contributed by atoms with van der Waals surface area (Å²) in [5.74, 6) is -0.189. The van der Waals surface area contributed by atoms with E-state index in [2.05, 4.69) is 20.9 Å². The largest absolute Gasteiger partial charge is 0.450 e. The Bertz CT molecular complexity index is 1200. The number of benzene rings is 1. The molecule has 0 atom stereocenters. The van der Waals surface area contributed by atoms with E-state index in [0.717, 1.165) is 5.56 Å². The third kappa shape index (κ3) is 5.41. The lowest BCUT2D eigenvalue weighted by atomic mass is 10.2. The Hall–Kier alpha value is -3.37. The number of rotatable bonds is 8. The summed E-state index contributed by atoms with van der Waals surface area (Å²) >= 11 is 3.19. The normalized spacial score (nSPS) is 11.2. The maximum absolute atomic E-state index is 12.9. The quantitative estimate of drug-likeness (QED) is 0.468. The second kappa shape index (κ2) is 10.1. The van der Waals surface area contributed by atoms with Crippen molar-refractivity contribution in [3.05, 3.63) is 85.4 Å². The zero-order valence-electron chi connectivity index (χ0n) is 16.7. The van der Waals surface area contributed by atoms with Crippen LogP contribution < -0.4 is 21.9 Å². The minimum Gasteiger partial charge on any atom is -0.450 e. The molecule has 0 saturated carbocycles. The van der Waals surface area contributed by atoms with Gasteiger partial charge >= 0.3 is 5.69 Å². The van der Waals surface area contributed by atoms with Crippen molar-refractivity contribution in [2.75, 3.05) is 30.9 Å². The number of nitrogens with two attached hydrogens (primary N) is 1. The number of hydrogen-bond donors (Lipinski definition) is 2. The molecule has 162 valence electrons. The van der Waals surface area contributed by atoms with Crippen molar-refractivity contribution in [1.29, 1.82) is 0 Å². The number of aromatic nitrogens is 2. The van der Waals surface area contributed by atoms with E-state index in [1.54, 1.807) is 12.1 Å². The number of hydrogen-bond acceptors (Lipinski definition) is 6. The van der Waals surface area contributed by atoms with Gasteiger partial charge in [-0.15, -0.1) is 0 Å². The first-order valence-electron chi connectivity index (χ1n) is 9.31. The molecule has 0 unspecified atom stereocenters. The zero-order valence-corrected chi connectivity index (χ0v) is 18.3. The van der Waals surface area contributed by atoms with Crippen LogP contribution in [-0.4, -0.2) is 35.7 Å². The van der Waals surface area contributed by atoms with Gasteiger partial charge in [-0.2, -0.15) is 0 Å². The molecular weight excluding hydrogens is 468 g/mol. The van der Waals surface area contributed by atoms with E-state index >= 15 is 0 Å². The van der Waals surface area contributed by atoms with E-state index in [-0.39, 0.29) is 31.2 Å². The number of furan rings is 1. The fraction of sp³-hybridized carbons (Fsp3) is 0.190. The number of ether oxygens (including phenoxy) is 1. The molecule has 2 aromatic heterocycles. The summed E-state index contributed by atoms with van der Waals surface area (Å²) in [5, 5.41) is 0. The van der Waals surface area contributed by atoms with Crippen molar-refractivity contribution < 1.29 is 13.9 Å². The smallest absolute Gasteiger partial charge is 0.330 e. The molecule has 0 aliphatic heterocycles. The molecule has 9 nitrogen and oxygen atoms in total. The minimum atomic E-state index is -0.759. The molecular formula is C21H21BrN4O5. The van der Waals surface area contributed by atoms with Gasteiger partial charge in [0.25, 0.3) is 11.5 Å². The number of aromatic amines is 1. The molecule has 10 heteroatoms. The van der Waals surface area contributed by atoms with Gasteiger partial charge in [0.15, 0.2) is 10.4 Å². The molecule has 31 heavy (non-hydrogen) atoms. The van der Waals surface area contributed by atoms with Gasteiger partial charge in [0, 0.05) is 19.7 Å². The molecule has 3 N–H and O–H groups in total. The first-order chi connectivity index (χ1) is 14.9. The highest BCUT2D eigenvalue weighted by Crippen LogP contribution is 2.19. The van der Waals surface area contributed by atoms with E-state index in [0.29, 0.717) is 10.4 Å². The number of halogens is 1. The maximum Gasteiger partial charge on any atom is 0.330 e. The Morgan fingerprint density at radius 1 is 1.26 bits per heavy atom. The molecule has 1 aromatic carbocycles. The summed E-state index contributed by atoms with van der Waals surface area (Å²) in [6.07, 6.45) is 2.73. The topological polar surface area (TPSA) is 124 Å². The Kier molecular flexibility index (Phi) is 7.27. The van der Waals surface area contributed by atoms with Gasteiger partial charge < -0.3 is 14.9 Å². The summed E-state index contributed by atoms with van der Waals surface area (Å²) in [6, 6.07) is 12.5. The number of nitrogens with zero attached hydrogens (tertiary/aromatic N) is 2.